The van der Waals surface area contributed by atoms with Gasteiger partial charge in [-0.05, 0) is 46.3 Å². The number of rotatable bonds is 6. The first-order valence-corrected chi connectivity index (χ1v) is 10.4. The Labute approximate surface area is 195 Å². The molecule has 8 nitrogen and oxygen atoms in total. The summed E-state index contributed by atoms with van der Waals surface area (Å²) in [5.74, 6) is 0.347. The molecule has 0 saturated heterocycles. The number of nitrogens with zero attached hydrogens (tertiary/aromatic N) is 1. The van der Waals surface area contributed by atoms with Gasteiger partial charge < -0.3 is 23.7 Å². The fraction of sp³-hybridized carbons (Fsp3) is 0.190. The predicted octanol–water partition coefficient (Wildman–Crippen LogP) is 4.51. The highest BCUT2D eigenvalue weighted by molar-refractivity contribution is 9.11. The maximum absolute atomic E-state index is 12.5. The van der Waals surface area contributed by atoms with Crippen LogP contribution in [0.2, 0.25) is 0 Å². The summed E-state index contributed by atoms with van der Waals surface area (Å²) in [6.07, 6.45) is 1.47. The van der Waals surface area contributed by atoms with E-state index in [9.17, 15) is 9.59 Å². The van der Waals surface area contributed by atoms with Crippen molar-refractivity contribution in [1.82, 2.24) is 0 Å². The van der Waals surface area contributed by atoms with Crippen molar-refractivity contribution in [3.05, 3.63) is 50.0 Å². The summed E-state index contributed by atoms with van der Waals surface area (Å²) < 4.78 is 27.8. The monoisotopic (exact) mass is 553 g/mol. The van der Waals surface area contributed by atoms with Crippen LogP contribution in [0.15, 0.2) is 43.9 Å². The van der Waals surface area contributed by atoms with Gasteiger partial charge in [0.2, 0.25) is 11.6 Å². The molecule has 162 valence electrons. The Morgan fingerprint density at radius 1 is 1.00 bits per heavy atom. The van der Waals surface area contributed by atoms with Crippen LogP contribution in [0, 0.1) is 0 Å². The molecule has 2 aromatic rings. The quantitative estimate of drug-likeness (QED) is 0.295. The molecule has 0 fully saturated rings. The number of benzene rings is 2. The van der Waals surface area contributed by atoms with Gasteiger partial charge in [0.25, 0.3) is 0 Å². The Morgan fingerprint density at radius 3 is 2.19 bits per heavy atom. The third kappa shape index (κ3) is 4.91. The Hall–Kier alpha value is -2.85. The number of esters is 2. The molecule has 0 saturated carbocycles. The van der Waals surface area contributed by atoms with Crippen molar-refractivity contribution in [2.45, 2.75) is 6.92 Å². The summed E-state index contributed by atoms with van der Waals surface area (Å²) in [4.78, 5) is 28.3. The van der Waals surface area contributed by atoms with Crippen LogP contribution in [0.4, 0.5) is 0 Å². The van der Waals surface area contributed by atoms with E-state index in [1.807, 2.05) is 0 Å². The first-order valence-electron chi connectivity index (χ1n) is 8.77. The van der Waals surface area contributed by atoms with E-state index in [0.717, 1.165) is 0 Å². The molecule has 1 heterocycles. The summed E-state index contributed by atoms with van der Waals surface area (Å²) in [6, 6.07) is 6.65. The average Bonchev–Trinajstić information content (AvgIpc) is 3.09. The van der Waals surface area contributed by atoms with Crippen molar-refractivity contribution in [3.8, 4) is 23.0 Å². The molecule has 0 aromatic heterocycles. The number of ether oxygens (including phenoxy) is 5. The molecular weight excluding hydrogens is 538 g/mol. The number of carbonyl (C=O) groups is 2. The summed E-state index contributed by atoms with van der Waals surface area (Å²) in [7, 11) is 4.46. The van der Waals surface area contributed by atoms with Crippen LogP contribution in [0.3, 0.4) is 0 Å². The van der Waals surface area contributed by atoms with Crippen molar-refractivity contribution < 1.29 is 33.3 Å². The van der Waals surface area contributed by atoms with Gasteiger partial charge in [-0.25, -0.2) is 9.79 Å². The molecule has 2 aromatic carbocycles. The van der Waals surface area contributed by atoms with Gasteiger partial charge in [0.1, 0.15) is 0 Å². The number of hydrogen-bond donors (Lipinski definition) is 0. The van der Waals surface area contributed by atoms with E-state index in [1.54, 1.807) is 24.3 Å². The maximum atomic E-state index is 12.5. The van der Waals surface area contributed by atoms with Gasteiger partial charge in [0.05, 0.1) is 25.8 Å². The second-order valence-corrected chi connectivity index (χ2v) is 7.92. The molecule has 0 bridgehead atoms. The lowest BCUT2D eigenvalue weighted by Gasteiger charge is -2.13. The smallest absolute Gasteiger partial charge is 0.363 e. The molecule has 0 atom stereocenters. The molecule has 0 amide bonds. The molecule has 1 aliphatic rings. The molecule has 0 unspecified atom stereocenters. The van der Waals surface area contributed by atoms with Gasteiger partial charge in [-0.2, -0.15) is 0 Å². The third-order valence-corrected chi connectivity index (χ3v) is 5.15. The van der Waals surface area contributed by atoms with E-state index in [4.69, 9.17) is 23.7 Å². The van der Waals surface area contributed by atoms with Crippen molar-refractivity contribution in [3.63, 3.8) is 0 Å². The first-order chi connectivity index (χ1) is 14.8. The molecule has 31 heavy (non-hydrogen) atoms. The lowest BCUT2D eigenvalue weighted by atomic mass is 10.1. The lowest BCUT2D eigenvalue weighted by molar-refractivity contribution is -0.132. The largest absolute Gasteiger partial charge is 0.493 e. The summed E-state index contributed by atoms with van der Waals surface area (Å²) in [5.41, 5.74) is 0.947. The highest BCUT2D eigenvalue weighted by Crippen LogP contribution is 2.39. The third-order valence-electron chi connectivity index (χ3n) is 4.11. The minimum absolute atomic E-state index is 0.0298. The molecule has 0 aliphatic carbocycles. The average molecular weight is 555 g/mol. The Bertz CT molecular complexity index is 1100. The van der Waals surface area contributed by atoms with E-state index in [-0.39, 0.29) is 17.3 Å². The molecular formula is C21H17Br2NO7. The molecule has 1 aliphatic heterocycles. The molecule has 3 rings (SSSR count). The second-order valence-electron chi connectivity index (χ2n) is 6.15. The summed E-state index contributed by atoms with van der Waals surface area (Å²) >= 11 is 6.74. The zero-order valence-corrected chi connectivity index (χ0v) is 20.1. The highest BCUT2D eigenvalue weighted by atomic mass is 79.9. The van der Waals surface area contributed by atoms with Crippen LogP contribution in [0.25, 0.3) is 6.08 Å². The zero-order valence-electron chi connectivity index (χ0n) is 16.9. The lowest BCUT2D eigenvalue weighted by Crippen LogP contribution is -2.07. The van der Waals surface area contributed by atoms with Crippen LogP contribution in [-0.4, -0.2) is 39.2 Å². The van der Waals surface area contributed by atoms with Crippen LogP contribution in [-0.2, 0) is 14.3 Å². The molecule has 0 N–H and O–H groups in total. The summed E-state index contributed by atoms with van der Waals surface area (Å²) in [5, 5.41) is 0. The number of cyclic esters (lactones) is 1. The second kappa shape index (κ2) is 9.52. The fourth-order valence-corrected chi connectivity index (χ4v) is 4.16. The molecule has 0 radical (unpaired) electrons. The van der Waals surface area contributed by atoms with Crippen LogP contribution in [0.5, 0.6) is 23.0 Å². The van der Waals surface area contributed by atoms with Crippen molar-refractivity contribution in [2.24, 2.45) is 4.99 Å². The number of carbonyl (C=O) groups excluding carboxylic acids is 2. The van der Waals surface area contributed by atoms with Gasteiger partial charge >= 0.3 is 11.9 Å². The van der Waals surface area contributed by atoms with Gasteiger partial charge in [0.15, 0.2) is 22.9 Å². The van der Waals surface area contributed by atoms with E-state index in [2.05, 4.69) is 36.9 Å². The SMILES string of the molecule is COc1cc(C2=N/C(=C\c3cc(Br)cc(Br)c3OC(C)=O)C(=O)O2)cc(OC)c1OC. The van der Waals surface area contributed by atoms with E-state index >= 15 is 0 Å². The Morgan fingerprint density at radius 2 is 1.65 bits per heavy atom. The molecule has 10 heteroatoms. The maximum Gasteiger partial charge on any atom is 0.363 e. The first kappa shape index (κ1) is 22.8. The van der Waals surface area contributed by atoms with E-state index < -0.39 is 11.9 Å². The minimum atomic E-state index is -0.659. The van der Waals surface area contributed by atoms with Gasteiger partial charge in [0, 0.05) is 22.5 Å². The predicted molar refractivity (Wildman–Crippen MR) is 120 cm³/mol. The number of hydrogen-bond acceptors (Lipinski definition) is 8. The minimum Gasteiger partial charge on any atom is -0.493 e. The van der Waals surface area contributed by atoms with Crippen molar-refractivity contribution in [2.75, 3.05) is 21.3 Å². The number of methoxy groups -OCH3 is 3. The van der Waals surface area contributed by atoms with E-state index in [1.165, 1.54) is 34.3 Å². The number of aliphatic imine (C=N–C) groups is 1. The van der Waals surface area contributed by atoms with Gasteiger partial charge in [-0.3, -0.25) is 4.79 Å². The number of halogens is 2. The summed E-state index contributed by atoms with van der Waals surface area (Å²) in [6.45, 7) is 1.29. The van der Waals surface area contributed by atoms with Gasteiger partial charge in [-0.1, -0.05) is 15.9 Å². The Balaban J connectivity index is 2.08. The van der Waals surface area contributed by atoms with Crippen molar-refractivity contribution >= 4 is 55.8 Å². The topological polar surface area (TPSA) is 92.7 Å². The van der Waals surface area contributed by atoms with Crippen molar-refractivity contribution in [1.29, 1.82) is 0 Å². The Kier molecular flexibility index (Phi) is 7.01. The van der Waals surface area contributed by atoms with Gasteiger partial charge in [-0.15, -0.1) is 0 Å². The standard InChI is InChI=1S/C21H17Br2NO7/c1-10(25)30-18-11(5-13(22)9-14(18)23)6-15-21(26)31-20(24-15)12-7-16(27-2)19(29-4)17(8-12)28-3/h5-9H,1-4H3/b15-6-. The van der Waals surface area contributed by atoms with E-state index in [0.29, 0.717) is 37.3 Å². The highest BCUT2D eigenvalue weighted by Gasteiger charge is 2.27. The fourth-order valence-electron chi connectivity index (χ4n) is 2.82. The van der Waals surface area contributed by atoms with Crippen LogP contribution >= 0.6 is 31.9 Å². The normalized spacial score (nSPS) is 14.2. The zero-order chi connectivity index (χ0) is 22.7. The van der Waals surface area contributed by atoms with Crippen LogP contribution < -0.4 is 18.9 Å². The molecule has 0 spiro atoms. The van der Waals surface area contributed by atoms with Crippen LogP contribution in [0.1, 0.15) is 18.1 Å².